The van der Waals surface area contributed by atoms with Crippen molar-refractivity contribution in [2.24, 2.45) is 5.92 Å². The first-order valence-corrected chi connectivity index (χ1v) is 10.5. The first-order valence-electron chi connectivity index (χ1n) is 10.5. The van der Waals surface area contributed by atoms with E-state index in [1.807, 2.05) is 43.3 Å². The molecule has 5 heteroatoms. The van der Waals surface area contributed by atoms with Crippen LogP contribution in [0.1, 0.15) is 67.9 Å². The third-order valence-electron chi connectivity index (χ3n) is 5.11. The van der Waals surface area contributed by atoms with E-state index >= 15 is 0 Å². The highest BCUT2D eigenvalue weighted by atomic mass is 16.5. The number of nitrogens with one attached hydrogen (secondary N) is 2. The Morgan fingerprint density at radius 3 is 2.34 bits per heavy atom. The van der Waals surface area contributed by atoms with Crippen LogP contribution in [0, 0.1) is 5.92 Å². The van der Waals surface area contributed by atoms with E-state index in [9.17, 15) is 9.59 Å². The SMILES string of the molecule is CCCCCOc1ccc(C(=O)NC(C)c2ccc(NC(=O)C3CC3)cc2)cc1. The fraction of sp³-hybridized carbons (Fsp3) is 0.417. The molecule has 1 aliphatic carbocycles. The molecular weight excluding hydrogens is 364 g/mol. The highest BCUT2D eigenvalue weighted by molar-refractivity contribution is 5.95. The van der Waals surface area contributed by atoms with E-state index in [-0.39, 0.29) is 23.8 Å². The lowest BCUT2D eigenvalue weighted by molar-refractivity contribution is -0.117. The predicted octanol–water partition coefficient (Wildman–Crippen LogP) is 5.10. The smallest absolute Gasteiger partial charge is 0.251 e. The molecule has 154 valence electrons. The Balaban J connectivity index is 1.49. The van der Waals surface area contributed by atoms with Gasteiger partial charge in [0.1, 0.15) is 5.75 Å². The molecule has 1 aliphatic rings. The summed E-state index contributed by atoms with van der Waals surface area (Å²) in [7, 11) is 0. The van der Waals surface area contributed by atoms with Crippen LogP contribution in [0.5, 0.6) is 5.75 Å². The Labute approximate surface area is 172 Å². The van der Waals surface area contributed by atoms with Gasteiger partial charge in [-0.15, -0.1) is 0 Å². The second kappa shape index (κ2) is 10.1. The van der Waals surface area contributed by atoms with Gasteiger partial charge >= 0.3 is 0 Å². The molecular formula is C24H30N2O3. The number of rotatable bonds is 10. The Kier molecular flexibility index (Phi) is 7.28. The summed E-state index contributed by atoms with van der Waals surface area (Å²) in [4.78, 5) is 24.4. The largest absolute Gasteiger partial charge is 0.494 e. The number of hydrogen-bond acceptors (Lipinski definition) is 3. The Morgan fingerprint density at radius 1 is 1.03 bits per heavy atom. The molecule has 29 heavy (non-hydrogen) atoms. The molecule has 2 amide bonds. The number of hydrogen-bond donors (Lipinski definition) is 2. The van der Waals surface area contributed by atoms with E-state index in [1.54, 1.807) is 12.1 Å². The maximum atomic E-state index is 12.5. The summed E-state index contributed by atoms with van der Waals surface area (Å²) in [6, 6.07) is 14.7. The van der Waals surface area contributed by atoms with Crippen molar-refractivity contribution in [2.75, 3.05) is 11.9 Å². The average molecular weight is 395 g/mol. The molecule has 0 radical (unpaired) electrons. The third-order valence-corrected chi connectivity index (χ3v) is 5.11. The number of benzene rings is 2. The lowest BCUT2D eigenvalue weighted by Gasteiger charge is -2.15. The van der Waals surface area contributed by atoms with Crippen LogP contribution in [0.4, 0.5) is 5.69 Å². The molecule has 0 spiro atoms. The molecule has 2 aromatic carbocycles. The number of ether oxygens (including phenoxy) is 1. The fourth-order valence-corrected chi connectivity index (χ4v) is 3.05. The Hall–Kier alpha value is -2.82. The van der Waals surface area contributed by atoms with Crippen molar-refractivity contribution in [3.8, 4) is 5.75 Å². The van der Waals surface area contributed by atoms with E-state index in [0.29, 0.717) is 12.2 Å². The maximum Gasteiger partial charge on any atom is 0.251 e. The second-order valence-electron chi connectivity index (χ2n) is 7.66. The molecule has 1 saturated carbocycles. The number of unbranched alkanes of at least 4 members (excludes halogenated alkanes) is 2. The lowest BCUT2D eigenvalue weighted by Crippen LogP contribution is -2.26. The third kappa shape index (κ3) is 6.34. The van der Waals surface area contributed by atoms with Gasteiger partial charge in [-0.25, -0.2) is 0 Å². The van der Waals surface area contributed by atoms with E-state index in [2.05, 4.69) is 17.6 Å². The minimum atomic E-state index is -0.138. The van der Waals surface area contributed by atoms with E-state index in [0.717, 1.165) is 42.7 Å². The number of carbonyl (C=O) groups excluding carboxylic acids is 2. The summed E-state index contributed by atoms with van der Waals surface area (Å²) < 4.78 is 5.69. The monoisotopic (exact) mass is 394 g/mol. The molecule has 1 unspecified atom stereocenters. The summed E-state index contributed by atoms with van der Waals surface area (Å²) in [5, 5.41) is 5.94. The zero-order valence-corrected chi connectivity index (χ0v) is 17.2. The van der Waals surface area contributed by atoms with Crippen molar-refractivity contribution in [1.82, 2.24) is 5.32 Å². The van der Waals surface area contributed by atoms with Crippen molar-refractivity contribution in [3.63, 3.8) is 0 Å². The summed E-state index contributed by atoms with van der Waals surface area (Å²) in [6.07, 6.45) is 5.34. The highest BCUT2D eigenvalue weighted by Gasteiger charge is 2.29. The van der Waals surface area contributed by atoms with Crippen LogP contribution < -0.4 is 15.4 Å². The van der Waals surface area contributed by atoms with Gasteiger partial charge in [-0.2, -0.15) is 0 Å². The summed E-state index contributed by atoms with van der Waals surface area (Å²) in [5.41, 5.74) is 2.38. The van der Waals surface area contributed by atoms with Crippen LogP contribution in [-0.2, 0) is 4.79 Å². The van der Waals surface area contributed by atoms with Crippen LogP contribution in [0.15, 0.2) is 48.5 Å². The maximum absolute atomic E-state index is 12.5. The zero-order chi connectivity index (χ0) is 20.6. The van der Waals surface area contributed by atoms with Gasteiger partial charge in [0.05, 0.1) is 12.6 Å². The molecule has 0 heterocycles. The van der Waals surface area contributed by atoms with E-state index in [4.69, 9.17) is 4.74 Å². The van der Waals surface area contributed by atoms with Crippen molar-refractivity contribution in [2.45, 2.75) is 52.0 Å². The summed E-state index contributed by atoms with van der Waals surface area (Å²) >= 11 is 0. The molecule has 0 bridgehead atoms. The summed E-state index contributed by atoms with van der Waals surface area (Å²) in [6.45, 7) is 4.81. The number of carbonyl (C=O) groups is 2. The van der Waals surface area contributed by atoms with Crippen LogP contribution >= 0.6 is 0 Å². The Bertz CT molecular complexity index is 811. The fourth-order valence-electron chi connectivity index (χ4n) is 3.05. The van der Waals surface area contributed by atoms with Crippen molar-refractivity contribution in [1.29, 1.82) is 0 Å². The van der Waals surface area contributed by atoms with Gasteiger partial charge in [0, 0.05) is 17.2 Å². The van der Waals surface area contributed by atoms with Gasteiger partial charge in [0.15, 0.2) is 0 Å². The highest BCUT2D eigenvalue weighted by Crippen LogP contribution is 2.30. The normalized spacial score (nSPS) is 14.1. The van der Waals surface area contributed by atoms with Gasteiger partial charge in [0.25, 0.3) is 5.91 Å². The minimum absolute atomic E-state index is 0.0943. The van der Waals surface area contributed by atoms with Crippen molar-refractivity contribution >= 4 is 17.5 Å². The molecule has 1 fully saturated rings. The van der Waals surface area contributed by atoms with Crippen LogP contribution in [-0.4, -0.2) is 18.4 Å². The number of anilines is 1. The molecule has 1 atom stereocenters. The van der Waals surface area contributed by atoms with Crippen LogP contribution in [0.25, 0.3) is 0 Å². The van der Waals surface area contributed by atoms with Gasteiger partial charge < -0.3 is 15.4 Å². The standard InChI is InChI=1S/C24H30N2O3/c1-3-4-5-16-29-22-14-10-20(11-15-22)23(27)25-17(2)18-8-12-21(13-9-18)26-24(28)19-6-7-19/h8-15,17,19H,3-7,16H2,1-2H3,(H,25,27)(H,26,28). The molecule has 2 N–H and O–H groups in total. The molecule has 3 rings (SSSR count). The van der Waals surface area contributed by atoms with Gasteiger partial charge in [-0.1, -0.05) is 31.9 Å². The average Bonchev–Trinajstić information content (AvgIpc) is 3.57. The van der Waals surface area contributed by atoms with Gasteiger partial charge in [-0.3, -0.25) is 9.59 Å². The lowest BCUT2D eigenvalue weighted by atomic mass is 10.1. The van der Waals surface area contributed by atoms with Crippen LogP contribution in [0.2, 0.25) is 0 Å². The molecule has 0 aromatic heterocycles. The van der Waals surface area contributed by atoms with Crippen molar-refractivity contribution in [3.05, 3.63) is 59.7 Å². The Morgan fingerprint density at radius 2 is 1.72 bits per heavy atom. The number of amides is 2. The van der Waals surface area contributed by atoms with Crippen LogP contribution in [0.3, 0.4) is 0 Å². The van der Waals surface area contributed by atoms with Gasteiger partial charge in [0.2, 0.25) is 5.91 Å². The molecule has 5 nitrogen and oxygen atoms in total. The topological polar surface area (TPSA) is 67.4 Å². The van der Waals surface area contributed by atoms with Crippen molar-refractivity contribution < 1.29 is 14.3 Å². The zero-order valence-electron chi connectivity index (χ0n) is 17.2. The summed E-state index contributed by atoms with van der Waals surface area (Å²) in [5.74, 6) is 0.939. The molecule has 0 aliphatic heterocycles. The second-order valence-corrected chi connectivity index (χ2v) is 7.66. The van der Waals surface area contributed by atoms with E-state index < -0.39 is 0 Å². The molecule has 0 saturated heterocycles. The first kappa shape index (κ1) is 20.9. The quantitative estimate of drug-likeness (QED) is 0.551. The van der Waals surface area contributed by atoms with Gasteiger partial charge in [-0.05, 0) is 68.1 Å². The van der Waals surface area contributed by atoms with E-state index in [1.165, 1.54) is 6.42 Å². The first-order chi connectivity index (χ1) is 14.1. The molecule has 2 aromatic rings. The minimum Gasteiger partial charge on any atom is -0.494 e. The predicted molar refractivity (Wildman–Crippen MR) is 115 cm³/mol.